The Morgan fingerprint density at radius 3 is 2.25 bits per heavy atom. The third-order valence-corrected chi connectivity index (χ3v) is 5.75. The van der Waals surface area contributed by atoms with Gasteiger partial charge < -0.3 is 10.1 Å². The summed E-state index contributed by atoms with van der Waals surface area (Å²) in [6.07, 6.45) is 0. The Hall–Kier alpha value is -3.13. The van der Waals surface area contributed by atoms with Crippen LogP contribution in [0.4, 0.5) is 11.6 Å². The van der Waals surface area contributed by atoms with E-state index in [0.717, 1.165) is 5.56 Å². The molecular weight excluding hydrogens is 376 g/mol. The molecule has 1 heterocycles. The van der Waals surface area contributed by atoms with Gasteiger partial charge in [0.25, 0.3) is 10.0 Å². The fourth-order valence-electron chi connectivity index (χ4n) is 2.75. The summed E-state index contributed by atoms with van der Waals surface area (Å²) in [6.45, 7) is 3.72. The third kappa shape index (κ3) is 4.58. The van der Waals surface area contributed by atoms with Crippen molar-refractivity contribution in [3.05, 3.63) is 71.8 Å². The predicted molar refractivity (Wildman–Crippen MR) is 109 cm³/mol. The van der Waals surface area contributed by atoms with Gasteiger partial charge in [0.05, 0.1) is 12.0 Å². The Morgan fingerprint density at radius 2 is 1.64 bits per heavy atom. The van der Waals surface area contributed by atoms with Gasteiger partial charge in [-0.25, -0.2) is 8.42 Å². The van der Waals surface area contributed by atoms with Crippen LogP contribution in [-0.2, 0) is 10.0 Å². The maximum atomic E-state index is 12.6. The SMILES string of the molecule is COc1ccc(S(=O)(=O)Nc2ccc(NC(C)c3ccccc3)nn2)c(C)c1. The number of nitrogens with one attached hydrogen (secondary N) is 2. The number of aromatic nitrogens is 2. The van der Waals surface area contributed by atoms with E-state index >= 15 is 0 Å². The van der Waals surface area contributed by atoms with E-state index in [-0.39, 0.29) is 16.8 Å². The first-order valence-electron chi connectivity index (χ1n) is 8.72. The average Bonchev–Trinajstić information content (AvgIpc) is 2.69. The standard InChI is InChI=1S/C20H22N4O3S/c1-14-13-17(27-3)9-10-18(14)28(25,26)24-20-12-11-19(22-23-20)21-15(2)16-7-5-4-6-8-16/h4-13,15H,1-3H3,(H,21,22)(H,23,24). The number of nitrogens with zero attached hydrogens (tertiary/aromatic N) is 2. The lowest BCUT2D eigenvalue weighted by molar-refractivity contribution is 0.414. The van der Waals surface area contributed by atoms with Gasteiger partial charge in [-0.1, -0.05) is 30.3 Å². The van der Waals surface area contributed by atoms with Crippen LogP contribution in [-0.4, -0.2) is 25.7 Å². The Labute approximate surface area is 164 Å². The van der Waals surface area contributed by atoms with E-state index in [0.29, 0.717) is 17.1 Å². The van der Waals surface area contributed by atoms with Crippen molar-refractivity contribution in [2.24, 2.45) is 0 Å². The van der Waals surface area contributed by atoms with Crippen LogP contribution in [0.1, 0.15) is 24.1 Å². The molecule has 3 aromatic rings. The van der Waals surface area contributed by atoms with Crippen LogP contribution in [0.5, 0.6) is 5.75 Å². The highest BCUT2D eigenvalue weighted by Gasteiger charge is 2.18. The Balaban J connectivity index is 1.71. The summed E-state index contributed by atoms with van der Waals surface area (Å²) in [4.78, 5) is 0.162. The van der Waals surface area contributed by atoms with E-state index in [1.165, 1.54) is 13.2 Å². The number of aryl methyl sites for hydroxylation is 1. The van der Waals surface area contributed by atoms with Crippen molar-refractivity contribution in [1.82, 2.24) is 10.2 Å². The molecule has 28 heavy (non-hydrogen) atoms. The minimum Gasteiger partial charge on any atom is -0.497 e. The highest BCUT2D eigenvalue weighted by Crippen LogP contribution is 2.23. The van der Waals surface area contributed by atoms with Gasteiger partial charge in [-0.2, -0.15) is 0 Å². The fraction of sp³-hybridized carbons (Fsp3) is 0.200. The van der Waals surface area contributed by atoms with Crippen molar-refractivity contribution in [2.45, 2.75) is 24.8 Å². The number of methoxy groups -OCH3 is 1. The van der Waals surface area contributed by atoms with Crippen LogP contribution in [0.25, 0.3) is 0 Å². The molecular formula is C20H22N4O3S. The molecule has 1 unspecified atom stereocenters. The second-order valence-corrected chi connectivity index (χ2v) is 7.97. The first-order valence-corrected chi connectivity index (χ1v) is 10.2. The molecule has 0 amide bonds. The van der Waals surface area contributed by atoms with E-state index in [1.54, 1.807) is 31.2 Å². The zero-order valence-electron chi connectivity index (χ0n) is 15.9. The first kappa shape index (κ1) is 19.6. The summed E-state index contributed by atoms with van der Waals surface area (Å²) in [7, 11) is -2.24. The second kappa shape index (κ2) is 8.26. The number of rotatable bonds is 7. The molecule has 0 fully saturated rings. The highest BCUT2D eigenvalue weighted by atomic mass is 32.2. The van der Waals surface area contributed by atoms with Gasteiger partial charge >= 0.3 is 0 Å². The van der Waals surface area contributed by atoms with Gasteiger partial charge in [0.1, 0.15) is 11.6 Å². The Bertz CT molecular complexity index is 1040. The molecule has 2 N–H and O–H groups in total. The molecule has 2 aromatic carbocycles. The molecule has 0 saturated carbocycles. The van der Waals surface area contributed by atoms with Gasteiger partial charge in [0.2, 0.25) is 0 Å². The maximum Gasteiger partial charge on any atom is 0.263 e. The molecule has 0 saturated heterocycles. The second-order valence-electron chi connectivity index (χ2n) is 6.32. The van der Waals surface area contributed by atoms with Crippen molar-refractivity contribution < 1.29 is 13.2 Å². The molecule has 0 bridgehead atoms. The lowest BCUT2D eigenvalue weighted by Gasteiger charge is -2.15. The van der Waals surface area contributed by atoms with Gasteiger partial charge in [-0.3, -0.25) is 4.72 Å². The normalized spacial score (nSPS) is 12.2. The van der Waals surface area contributed by atoms with Gasteiger partial charge in [-0.05, 0) is 55.3 Å². The molecule has 0 aliphatic heterocycles. The molecule has 7 nitrogen and oxygen atoms in total. The van der Waals surface area contributed by atoms with Crippen LogP contribution >= 0.6 is 0 Å². The van der Waals surface area contributed by atoms with E-state index in [2.05, 4.69) is 20.2 Å². The number of benzene rings is 2. The van der Waals surface area contributed by atoms with Crippen molar-refractivity contribution in [3.8, 4) is 5.75 Å². The molecule has 3 rings (SSSR count). The summed E-state index contributed by atoms with van der Waals surface area (Å²) < 4.78 is 32.8. The largest absolute Gasteiger partial charge is 0.497 e. The van der Waals surface area contributed by atoms with Crippen LogP contribution in [0.15, 0.2) is 65.6 Å². The topological polar surface area (TPSA) is 93.2 Å². The van der Waals surface area contributed by atoms with E-state index < -0.39 is 10.0 Å². The minimum atomic E-state index is -3.78. The highest BCUT2D eigenvalue weighted by molar-refractivity contribution is 7.92. The number of anilines is 2. The van der Waals surface area contributed by atoms with Crippen molar-refractivity contribution in [1.29, 1.82) is 0 Å². The maximum absolute atomic E-state index is 12.6. The summed E-state index contributed by atoms with van der Waals surface area (Å²) in [5.74, 6) is 1.30. The van der Waals surface area contributed by atoms with Crippen LogP contribution in [0.3, 0.4) is 0 Å². The summed E-state index contributed by atoms with van der Waals surface area (Å²) in [5.41, 5.74) is 1.69. The summed E-state index contributed by atoms with van der Waals surface area (Å²) in [6, 6.07) is 18.0. The van der Waals surface area contributed by atoms with E-state index in [9.17, 15) is 8.42 Å². The summed E-state index contributed by atoms with van der Waals surface area (Å²) in [5, 5.41) is 11.3. The number of sulfonamides is 1. The molecule has 0 aliphatic rings. The molecule has 1 aromatic heterocycles. The van der Waals surface area contributed by atoms with E-state index in [4.69, 9.17) is 4.74 Å². The van der Waals surface area contributed by atoms with Gasteiger partial charge in [0, 0.05) is 6.04 Å². The van der Waals surface area contributed by atoms with Crippen molar-refractivity contribution in [3.63, 3.8) is 0 Å². The molecule has 0 aliphatic carbocycles. The summed E-state index contributed by atoms with van der Waals surface area (Å²) >= 11 is 0. The Morgan fingerprint density at radius 1 is 0.964 bits per heavy atom. The molecule has 1 atom stereocenters. The predicted octanol–water partition coefficient (Wildman–Crippen LogP) is 3.77. The quantitative estimate of drug-likeness (QED) is 0.629. The molecule has 146 valence electrons. The Kier molecular flexibility index (Phi) is 5.79. The van der Waals surface area contributed by atoms with Gasteiger partial charge in [0.15, 0.2) is 5.82 Å². The lowest BCUT2D eigenvalue weighted by Crippen LogP contribution is -2.16. The first-order chi connectivity index (χ1) is 13.4. The lowest BCUT2D eigenvalue weighted by atomic mass is 10.1. The van der Waals surface area contributed by atoms with Crippen LogP contribution in [0.2, 0.25) is 0 Å². The molecule has 0 spiro atoms. The van der Waals surface area contributed by atoms with E-state index in [1.807, 2.05) is 37.3 Å². The zero-order valence-corrected chi connectivity index (χ0v) is 16.7. The zero-order chi connectivity index (χ0) is 20.1. The minimum absolute atomic E-state index is 0.0417. The molecule has 0 radical (unpaired) electrons. The van der Waals surface area contributed by atoms with Crippen LogP contribution in [0, 0.1) is 6.92 Å². The number of hydrogen-bond donors (Lipinski definition) is 2. The number of ether oxygens (including phenoxy) is 1. The monoisotopic (exact) mass is 398 g/mol. The average molecular weight is 398 g/mol. The third-order valence-electron chi connectivity index (χ3n) is 4.24. The van der Waals surface area contributed by atoms with Crippen molar-refractivity contribution >= 4 is 21.7 Å². The van der Waals surface area contributed by atoms with Crippen molar-refractivity contribution in [2.75, 3.05) is 17.1 Å². The number of hydrogen-bond acceptors (Lipinski definition) is 6. The fourth-order valence-corrected chi connectivity index (χ4v) is 3.98. The van der Waals surface area contributed by atoms with Crippen LogP contribution < -0.4 is 14.8 Å². The van der Waals surface area contributed by atoms with Gasteiger partial charge in [-0.15, -0.1) is 10.2 Å². The smallest absolute Gasteiger partial charge is 0.263 e. The molecule has 8 heteroatoms.